The van der Waals surface area contributed by atoms with Gasteiger partial charge in [-0.3, -0.25) is 4.79 Å². The van der Waals surface area contributed by atoms with Crippen LogP contribution in [-0.4, -0.2) is 36.2 Å². The first kappa shape index (κ1) is 17.5. The first-order valence-corrected chi connectivity index (χ1v) is 8.25. The summed E-state index contributed by atoms with van der Waals surface area (Å²) in [5, 5.41) is 11.4. The number of aliphatic hydroxyl groups excluding tert-OH is 1. The van der Waals surface area contributed by atoms with E-state index in [1.807, 2.05) is 0 Å². The molecule has 0 saturated carbocycles. The molecule has 0 bridgehead atoms. The van der Waals surface area contributed by atoms with E-state index in [1.165, 1.54) is 18.2 Å². The van der Waals surface area contributed by atoms with Gasteiger partial charge in [0.15, 0.2) is 0 Å². The Morgan fingerprint density at radius 2 is 2.19 bits per heavy atom. The molecule has 0 radical (unpaired) electrons. The Morgan fingerprint density at radius 3 is 2.90 bits per heavy atom. The minimum Gasteiger partial charge on any atom is -0.384 e. The normalized spacial score (nSPS) is 9.86. The fraction of sp³-hybridized carbons (Fsp3) is 0.438. The van der Waals surface area contributed by atoms with Crippen LogP contribution in [0.15, 0.2) is 18.2 Å². The van der Waals surface area contributed by atoms with E-state index in [0.29, 0.717) is 12.1 Å². The topological polar surface area (TPSA) is 49.3 Å². The molecule has 0 spiro atoms. The monoisotopic (exact) mass is 309 g/mol. The van der Waals surface area contributed by atoms with Crippen LogP contribution < -0.4 is 5.32 Å². The van der Waals surface area contributed by atoms with Gasteiger partial charge < -0.3 is 10.4 Å². The van der Waals surface area contributed by atoms with Gasteiger partial charge in [0.25, 0.3) is 5.91 Å². The fourth-order valence-electron chi connectivity index (χ4n) is 1.76. The summed E-state index contributed by atoms with van der Waals surface area (Å²) in [5.41, 5.74) is 0.499. The highest BCUT2D eigenvalue weighted by Crippen LogP contribution is 2.10. The Morgan fingerprint density at radius 1 is 1.38 bits per heavy atom. The molecule has 21 heavy (non-hydrogen) atoms. The van der Waals surface area contributed by atoms with Crippen molar-refractivity contribution >= 4 is 17.7 Å². The second-order valence-electron chi connectivity index (χ2n) is 4.46. The maximum Gasteiger partial charge on any atom is 0.254 e. The van der Waals surface area contributed by atoms with Gasteiger partial charge in [-0.05, 0) is 43.0 Å². The Balaban J connectivity index is 2.53. The van der Waals surface area contributed by atoms with Gasteiger partial charge in [0, 0.05) is 12.1 Å². The zero-order valence-electron chi connectivity index (χ0n) is 12.1. The quantitative estimate of drug-likeness (QED) is 0.601. The van der Waals surface area contributed by atoms with Crippen LogP contribution in [0.3, 0.4) is 0 Å². The predicted molar refractivity (Wildman–Crippen MR) is 84.9 cm³/mol. The Hall–Kier alpha value is -1.51. The number of rotatable bonds is 7. The van der Waals surface area contributed by atoms with Crippen LogP contribution in [0.2, 0.25) is 0 Å². The summed E-state index contributed by atoms with van der Waals surface area (Å²) in [4.78, 5) is 11.9. The molecule has 3 nitrogen and oxygen atoms in total. The number of hydrogen-bond acceptors (Lipinski definition) is 3. The first-order valence-electron chi connectivity index (χ1n) is 6.85. The Kier molecular flexibility index (Phi) is 8.56. The highest BCUT2D eigenvalue weighted by molar-refractivity contribution is 7.98. The van der Waals surface area contributed by atoms with E-state index in [4.69, 9.17) is 5.11 Å². The van der Waals surface area contributed by atoms with Crippen LogP contribution in [0.4, 0.5) is 4.39 Å². The number of nitrogens with one attached hydrogen (secondary N) is 1. The van der Waals surface area contributed by atoms with Gasteiger partial charge in [0.05, 0.1) is 5.56 Å². The lowest BCUT2D eigenvalue weighted by Crippen LogP contribution is -2.25. The number of amides is 1. The largest absolute Gasteiger partial charge is 0.384 e. The average molecular weight is 309 g/mol. The van der Waals surface area contributed by atoms with Crippen LogP contribution in [0.25, 0.3) is 0 Å². The maximum absolute atomic E-state index is 13.7. The van der Waals surface area contributed by atoms with Crippen LogP contribution in [-0.2, 0) is 0 Å². The van der Waals surface area contributed by atoms with Crippen LogP contribution in [0, 0.1) is 17.7 Å². The maximum atomic E-state index is 13.7. The highest BCUT2D eigenvalue weighted by Gasteiger charge is 2.11. The van der Waals surface area contributed by atoms with Gasteiger partial charge >= 0.3 is 0 Å². The molecule has 1 amide bonds. The number of halogens is 1. The minimum absolute atomic E-state index is 0.0103. The second kappa shape index (κ2) is 10.3. The second-order valence-corrected chi connectivity index (χ2v) is 5.45. The standard InChI is InChI=1S/C16H20FNO2S/c1-21-11-4-2-3-9-18-16(20)14-12-13(6-5-10-19)7-8-15(14)17/h7-8,12,19H,2-4,9-11H2,1H3,(H,18,20). The van der Waals surface area contributed by atoms with E-state index in [2.05, 4.69) is 23.4 Å². The number of aliphatic hydroxyl groups is 1. The third kappa shape index (κ3) is 6.65. The van der Waals surface area contributed by atoms with Crippen molar-refractivity contribution in [2.24, 2.45) is 0 Å². The number of carbonyl (C=O) groups excluding carboxylic acids is 1. The number of thioether (sulfide) groups is 1. The van der Waals surface area contributed by atoms with Crippen LogP contribution in [0.1, 0.15) is 35.2 Å². The summed E-state index contributed by atoms with van der Waals surface area (Å²) in [6.45, 7) is 0.272. The summed E-state index contributed by atoms with van der Waals surface area (Å²) in [7, 11) is 0. The molecule has 0 unspecified atom stereocenters. The molecular formula is C16H20FNO2S. The molecule has 0 saturated heterocycles. The first-order chi connectivity index (χ1) is 10.2. The fourth-order valence-corrected chi connectivity index (χ4v) is 2.26. The van der Waals surface area contributed by atoms with Gasteiger partial charge in [-0.1, -0.05) is 18.3 Å². The molecule has 1 rings (SSSR count). The summed E-state index contributed by atoms with van der Waals surface area (Å²) in [6, 6.07) is 4.10. The lowest BCUT2D eigenvalue weighted by Gasteiger charge is -2.06. The van der Waals surface area contributed by atoms with E-state index >= 15 is 0 Å². The number of unbranched alkanes of at least 4 members (excludes halogenated alkanes) is 2. The van der Waals surface area contributed by atoms with E-state index in [9.17, 15) is 9.18 Å². The van der Waals surface area contributed by atoms with Crippen molar-refractivity contribution in [2.75, 3.05) is 25.2 Å². The van der Waals surface area contributed by atoms with Gasteiger partial charge in [-0.2, -0.15) is 11.8 Å². The Labute approximate surface area is 129 Å². The zero-order chi connectivity index (χ0) is 15.5. The summed E-state index contributed by atoms with van der Waals surface area (Å²) in [5.74, 6) is 5.26. The molecule has 1 aromatic carbocycles. The lowest BCUT2D eigenvalue weighted by atomic mass is 10.1. The molecule has 0 atom stereocenters. The lowest BCUT2D eigenvalue weighted by molar-refractivity contribution is 0.0949. The summed E-state index contributed by atoms with van der Waals surface area (Å²) in [6.07, 6.45) is 5.12. The average Bonchev–Trinajstić information content (AvgIpc) is 2.49. The zero-order valence-corrected chi connectivity index (χ0v) is 12.9. The van der Waals surface area contributed by atoms with Gasteiger partial charge in [0.1, 0.15) is 12.4 Å². The van der Waals surface area contributed by atoms with Crippen molar-refractivity contribution in [3.63, 3.8) is 0 Å². The van der Waals surface area contributed by atoms with Crippen molar-refractivity contribution in [2.45, 2.75) is 19.3 Å². The molecule has 2 N–H and O–H groups in total. The predicted octanol–water partition coefficient (Wildman–Crippen LogP) is 2.43. The van der Waals surface area contributed by atoms with E-state index < -0.39 is 11.7 Å². The Bertz CT molecular complexity index is 523. The molecule has 0 fully saturated rings. The van der Waals surface area contributed by atoms with Crippen molar-refractivity contribution in [3.05, 3.63) is 35.1 Å². The van der Waals surface area contributed by atoms with Gasteiger partial charge in [-0.25, -0.2) is 4.39 Å². The third-order valence-electron chi connectivity index (χ3n) is 2.83. The number of hydrogen-bond donors (Lipinski definition) is 2. The number of benzene rings is 1. The molecule has 114 valence electrons. The molecule has 0 heterocycles. The van der Waals surface area contributed by atoms with Crippen LogP contribution in [0.5, 0.6) is 0 Å². The third-order valence-corrected chi connectivity index (χ3v) is 3.53. The van der Waals surface area contributed by atoms with Crippen molar-refractivity contribution in [1.82, 2.24) is 5.32 Å². The molecule has 5 heteroatoms. The van der Waals surface area contributed by atoms with Crippen molar-refractivity contribution < 1.29 is 14.3 Å². The van der Waals surface area contributed by atoms with E-state index in [0.717, 1.165) is 25.0 Å². The SMILES string of the molecule is CSCCCCCNC(=O)c1cc(C#CCO)ccc1F. The molecule has 0 aliphatic rings. The van der Waals surface area contributed by atoms with E-state index in [-0.39, 0.29) is 12.2 Å². The number of carbonyl (C=O) groups is 1. The van der Waals surface area contributed by atoms with Crippen LogP contribution >= 0.6 is 11.8 Å². The molecular weight excluding hydrogens is 289 g/mol. The van der Waals surface area contributed by atoms with Crippen molar-refractivity contribution in [1.29, 1.82) is 0 Å². The van der Waals surface area contributed by atoms with Gasteiger partial charge in [-0.15, -0.1) is 0 Å². The smallest absolute Gasteiger partial charge is 0.254 e. The summed E-state index contributed by atoms with van der Waals surface area (Å²) >= 11 is 1.81. The summed E-state index contributed by atoms with van der Waals surface area (Å²) < 4.78 is 13.7. The minimum atomic E-state index is -0.565. The van der Waals surface area contributed by atoms with E-state index in [1.54, 1.807) is 11.8 Å². The highest BCUT2D eigenvalue weighted by atomic mass is 32.2. The van der Waals surface area contributed by atoms with Crippen molar-refractivity contribution in [3.8, 4) is 11.8 Å². The molecule has 1 aromatic rings. The molecule has 0 aliphatic heterocycles. The molecule has 0 aromatic heterocycles. The molecule has 0 aliphatic carbocycles. The van der Waals surface area contributed by atoms with Gasteiger partial charge in [0.2, 0.25) is 0 Å².